The van der Waals surface area contributed by atoms with E-state index in [9.17, 15) is 18.0 Å². The van der Waals surface area contributed by atoms with Crippen molar-refractivity contribution < 1.29 is 22.7 Å². The van der Waals surface area contributed by atoms with E-state index >= 15 is 0 Å². The Hall–Kier alpha value is -1.60. The molecular formula is C13H14ClNO5S. The Balaban J connectivity index is 2.20. The Labute approximate surface area is 127 Å². The summed E-state index contributed by atoms with van der Waals surface area (Å²) < 4.78 is 27.9. The number of carbonyl (C=O) groups is 2. The van der Waals surface area contributed by atoms with E-state index in [4.69, 9.17) is 16.3 Å². The molecule has 0 spiro atoms. The standard InChI is InChI=1S/C13H14ClNO5S/c1-13(2)12(17)15(21(13,18)19)7-10(16)8-4-5-11(20-3)9(14)6-8/h4-6H,7H2,1-3H3. The first kappa shape index (κ1) is 15.8. The quantitative estimate of drug-likeness (QED) is 0.781. The summed E-state index contributed by atoms with van der Waals surface area (Å²) in [4.78, 5) is 23.9. The van der Waals surface area contributed by atoms with Gasteiger partial charge in [-0.05, 0) is 32.0 Å². The van der Waals surface area contributed by atoms with Crippen molar-refractivity contribution in [3.05, 3.63) is 28.8 Å². The van der Waals surface area contributed by atoms with Gasteiger partial charge in [-0.1, -0.05) is 11.6 Å². The van der Waals surface area contributed by atoms with E-state index in [0.29, 0.717) is 10.1 Å². The van der Waals surface area contributed by atoms with Crippen LogP contribution < -0.4 is 4.74 Å². The topological polar surface area (TPSA) is 80.8 Å². The molecule has 0 unspecified atom stereocenters. The lowest BCUT2D eigenvalue weighted by Crippen LogP contribution is -2.68. The molecule has 1 fully saturated rings. The van der Waals surface area contributed by atoms with Crippen LogP contribution in [0.15, 0.2) is 18.2 Å². The van der Waals surface area contributed by atoms with Gasteiger partial charge >= 0.3 is 0 Å². The van der Waals surface area contributed by atoms with Gasteiger partial charge in [-0.25, -0.2) is 12.7 Å². The van der Waals surface area contributed by atoms with Gasteiger partial charge in [0.2, 0.25) is 0 Å². The maximum absolute atomic E-state index is 12.1. The summed E-state index contributed by atoms with van der Waals surface area (Å²) >= 11 is 5.91. The van der Waals surface area contributed by atoms with Crippen LogP contribution in [-0.4, -0.2) is 42.8 Å². The third kappa shape index (κ3) is 2.30. The van der Waals surface area contributed by atoms with Gasteiger partial charge in [0.1, 0.15) is 12.3 Å². The summed E-state index contributed by atoms with van der Waals surface area (Å²) in [5.41, 5.74) is 0.216. The molecule has 8 heteroatoms. The predicted octanol–water partition coefficient (Wildman–Crippen LogP) is 1.48. The molecule has 0 bridgehead atoms. The Morgan fingerprint density at radius 1 is 1.38 bits per heavy atom. The maximum Gasteiger partial charge on any atom is 0.259 e. The summed E-state index contributed by atoms with van der Waals surface area (Å²) in [6, 6.07) is 4.35. The third-order valence-electron chi connectivity index (χ3n) is 3.44. The van der Waals surface area contributed by atoms with E-state index < -0.39 is 33.0 Å². The van der Waals surface area contributed by atoms with Crippen LogP contribution >= 0.6 is 11.6 Å². The lowest BCUT2D eigenvalue weighted by molar-refractivity contribution is -0.131. The number of hydrogen-bond donors (Lipinski definition) is 0. The number of Topliss-reactive ketones (excluding diaryl/α,β-unsaturated/α-hetero) is 1. The minimum atomic E-state index is -3.77. The van der Waals surface area contributed by atoms with Crippen LogP contribution in [0.25, 0.3) is 0 Å². The smallest absolute Gasteiger partial charge is 0.259 e. The molecule has 6 nitrogen and oxygen atoms in total. The molecule has 1 amide bonds. The fourth-order valence-corrected chi connectivity index (χ4v) is 3.72. The molecule has 1 aromatic rings. The summed E-state index contributed by atoms with van der Waals surface area (Å²) in [6.45, 7) is 2.11. The Morgan fingerprint density at radius 3 is 2.48 bits per heavy atom. The Morgan fingerprint density at radius 2 is 2.00 bits per heavy atom. The first-order valence-electron chi connectivity index (χ1n) is 6.06. The number of nitrogens with zero attached hydrogens (tertiary/aromatic N) is 1. The van der Waals surface area contributed by atoms with Crippen LogP contribution in [0.2, 0.25) is 5.02 Å². The summed E-state index contributed by atoms with van der Waals surface area (Å²) in [6.07, 6.45) is 0. The van der Waals surface area contributed by atoms with E-state index in [-0.39, 0.29) is 10.6 Å². The molecular weight excluding hydrogens is 318 g/mol. The van der Waals surface area contributed by atoms with Crippen molar-refractivity contribution in [2.45, 2.75) is 18.6 Å². The van der Waals surface area contributed by atoms with E-state index in [1.54, 1.807) is 0 Å². The number of halogens is 1. The lowest BCUT2D eigenvalue weighted by Gasteiger charge is -2.42. The van der Waals surface area contributed by atoms with Crippen LogP contribution in [0, 0.1) is 0 Å². The molecule has 0 aromatic heterocycles. The van der Waals surface area contributed by atoms with Crippen LogP contribution in [0.4, 0.5) is 0 Å². The van der Waals surface area contributed by atoms with Crippen molar-refractivity contribution in [3.8, 4) is 5.75 Å². The van der Waals surface area contributed by atoms with Gasteiger partial charge in [0.05, 0.1) is 12.1 Å². The van der Waals surface area contributed by atoms with Crippen molar-refractivity contribution >= 4 is 33.3 Å². The molecule has 1 heterocycles. The average molecular weight is 332 g/mol. The van der Waals surface area contributed by atoms with Crippen molar-refractivity contribution in [3.63, 3.8) is 0 Å². The second-order valence-corrected chi connectivity index (χ2v) is 7.92. The summed E-state index contributed by atoms with van der Waals surface area (Å²) in [7, 11) is -2.33. The number of benzene rings is 1. The molecule has 0 radical (unpaired) electrons. The van der Waals surface area contributed by atoms with Gasteiger partial charge in [0.15, 0.2) is 10.5 Å². The SMILES string of the molecule is COc1ccc(C(=O)CN2C(=O)C(C)(C)S2(=O)=O)cc1Cl. The van der Waals surface area contributed by atoms with E-state index in [0.717, 1.165) is 0 Å². The van der Waals surface area contributed by atoms with Gasteiger partial charge < -0.3 is 4.74 Å². The first-order chi connectivity index (χ1) is 9.62. The van der Waals surface area contributed by atoms with E-state index in [2.05, 4.69) is 0 Å². The highest BCUT2D eigenvalue weighted by Crippen LogP contribution is 2.35. The number of hydrogen-bond acceptors (Lipinski definition) is 5. The summed E-state index contributed by atoms with van der Waals surface area (Å²) in [5.74, 6) is -0.690. The predicted molar refractivity (Wildman–Crippen MR) is 77.0 cm³/mol. The zero-order chi connectivity index (χ0) is 16.0. The number of rotatable bonds is 4. The second kappa shape index (κ2) is 4.99. The molecule has 1 saturated heterocycles. The molecule has 0 saturated carbocycles. The van der Waals surface area contributed by atoms with Crippen molar-refractivity contribution in [2.75, 3.05) is 13.7 Å². The zero-order valence-corrected chi connectivity index (χ0v) is 13.3. The van der Waals surface area contributed by atoms with Crippen molar-refractivity contribution in [1.29, 1.82) is 0 Å². The largest absolute Gasteiger partial charge is 0.495 e. The Kier molecular flexibility index (Phi) is 3.75. The van der Waals surface area contributed by atoms with E-state index in [1.807, 2.05) is 0 Å². The molecule has 0 atom stereocenters. The fraction of sp³-hybridized carbons (Fsp3) is 0.385. The number of amides is 1. The monoisotopic (exact) mass is 331 g/mol. The van der Waals surface area contributed by atoms with Crippen LogP contribution in [0.1, 0.15) is 24.2 Å². The highest BCUT2D eigenvalue weighted by atomic mass is 35.5. The lowest BCUT2D eigenvalue weighted by atomic mass is 10.1. The molecule has 1 aromatic carbocycles. The van der Waals surface area contributed by atoms with Crippen molar-refractivity contribution in [2.24, 2.45) is 0 Å². The van der Waals surface area contributed by atoms with Gasteiger partial charge in [-0.3, -0.25) is 9.59 Å². The van der Waals surface area contributed by atoms with Crippen LogP contribution in [0.5, 0.6) is 5.75 Å². The van der Waals surface area contributed by atoms with Gasteiger partial charge in [-0.15, -0.1) is 0 Å². The minimum Gasteiger partial charge on any atom is -0.495 e. The van der Waals surface area contributed by atoms with Crippen molar-refractivity contribution in [1.82, 2.24) is 4.31 Å². The maximum atomic E-state index is 12.1. The second-order valence-electron chi connectivity index (χ2n) is 5.10. The molecule has 0 N–H and O–H groups in total. The summed E-state index contributed by atoms with van der Waals surface area (Å²) in [5, 5.41) is 0.237. The third-order valence-corrected chi connectivity index (χ3v) is 6.07. The number of ketones is 1. The normalized spacial score (nSPS) is 19.0. The molecule has 0 aliphatic carbocycles. The fourth-order valence-electron chi connectivity index (χ4n) is 1.97. The first-order valence-corrected chi connectivity index (χ1v) is 7.88. The molecule has 2 rings (SSSR count). The molecule has 114 valence electrons. The average Bonchev–Trinajstić information content (AvgIpc) is 2.43. The number of carbonyl (C=O) groups excluding carboxylic acids is 2. The highest BCUT2D eigenvalue weighted by Gasteiger charge is 2.60. The molecule has 21 heavy (non-hydrogen) atoms. The molecule has 1 aliphatic heterocycles. The number of methoxy groups -OCH3 is 1. The number of sulfonamides is 1. The van der Waals surface area contributed by atoms with Crippen LogP contribution in [-0.2, 0) is 14.8 Å². The van der Waals surface area contributed by atoms with E-state index in [1.165, 1.54) is 39.2 Å². The Bertz CT molecular complexity index is 726. The number of ether oxygens (including phenoxy) is 1. The van der Waals surface area contributed by atoms with Gasteiger partial charge in [-0.2, -0.15) is 0 Å². The van der Waals surface area contributed by atoms with Gasteiger partial charge in [0.25, 0.3) is 15.9 Å². The van der Waals surface area contributed by atoms with Gasteiger partial charge in [0, 0.05) is 5.56 Å². The zero-order valence-electron chi connectivity index (χ0n) is 11.7. The minimum absolute atomic E-state index is 0.216. The van der Waals surface area contributed by atoms with Crippen LogP contribution in [0.3, 0.4) is 0 Å². The molecule has 1 aliphatic rings. The highest BCUT2D eigenvalue weighted by molar-refractivity contribution is 7.94.